The molecule has 1 aromatic carbocycles. The van der Waals surface area contributed by atoms with E-state index in [2.05, 4.69) is 21.4 Å². The molecule has 2 heterocycles. The lowest BCUT2D eigenvalue weighted by Gasteiger charge is -2.15. The largest absolute Gasteiger partial charge is 0.355 e. The van der Waals surface area contributed by atoms with Crippen LogP contribution in [0.5, 0.6) is 0 Å². The zero-order valence-corrected chi connectivity index (χ0v) is 14.5. The van der Waals surface area contributed by atoms with Crippen LogP contribution in [-0.4, -0.2) is 22.4 Å². The second-order valence-electron chi connectivity index (χ2n) is 5.63. The lowest BCUT2D eigenvalue weighted by molar-refractivity contribution is -0.122. The third kappa shape index (κ3) is 3.92. The van der Waals surface area contributed by atoms with Crippen LogP contribution < -0.4 is 5.32 Å². The molecule has 0 aliphatic rings. The molecule has 0 saturated carbocycles. The van der Waals surface area contributed by atoms with Crippen LogP contribution in [0, 0.1) is 0 Å². The normalized spacial score (nSPS) is 12.0. The Morgan fingerprint density at radius 2 is 2.08 bits per heavy atom. The summed E-state index contributed by atoms with van der Waals surface area (Å²) >= 11 is 1.68. The summed E-state index contributed by atoms with van der Waals surface area (Å²) in [7, 11) is 0. The average molecular weight is 339 g/mol. The van der Waals surface area contributed by atoms with Gasteiger partial charge in [0.15, 0.2) is 0 Å². The van der Waals surface area contributed by atoms with Gasteiger partial charge in [-0.2, -0.15) is 0 Å². The monoisotopic (exact) mass is 339 g/mol. The Labute approximate surface area is 146 Å². The number of carbonyl (C=O) groups is 1. The Balaban J connectivity index is 1.53. The summed E-state index contributed by atoms with van der Waals surface area (Å²) in [5.74, 6) is 0.879. The molecular formula is C19H21N3OS. The summed E-state index contributed by atoms with van der Waals surface area (Å²) < 4.78 is 0. The van der Waals surface area contributed by atoms with Gasteiger partial charge >= 0.3 is 0 Å². The number of carbonyl (C=O) groups excluding carboxylic acids is 1. The highest BCUT2D eigenvalue weighted by atomic mass is 32.1. The van der Waals surface area contributed by atoms with E-state index in [9.17, 15) is 4.79 Å². The average Bonchev–Trinajstić information content (AvgIpc) is 3.28. The van der Waals surface area contributed by atoms with E-state index in [4.69, 9.17) is 0 Å². The van der Waals surface area contributed by atoms with E-state index < -0.39 is 0 Å². The minimum atomic E-state index is -0.0931. The molecule has 0 aliphatic carbocycles. The van der Waals surface area contributed by atoms with E-state index in [-0.39, 0.29) is 11.8 Å². The maximum Gasteiger partial charge on any atom is 0.227 e. The van der Waals surface area contributed by atoms with Crippen molar-refractivity contribution in [2.75, 3.05) is 6.54 Å². The Kier molecular flexibility index (Phi) is 5.43. The SMILES string of the molecule is CCC(C(=O)NCCc1ncc(-c2cccs2)[nH]1)c1ccccc1. The van der Waals surface area contributed by atoms with Crippen molar-refractivity contribution in [2.24, 2.45) is 0 Å². The topological polar surface area (TPSA) is 57.8 Å². The van der Waals surface area contributed by atoms with Crippen LogP contribution in [-0.2, 0) is 11.2 Å². The molecule has 3 rings (SSSR count). The van der Waals surface area contributed by atoms with E-state index in [1.807, 2.05) is 54.9 Å². The quantitative estimate of drug-likeness (QED) is 0.684. The number of H-pyrrole nitrogens is 1. The number of benzene rings is 1. The van der Waals surface area contributed by atoms with Crippen molar-refractivity contribution in [2.45, 2.75) is 25.7 Å². The van der Waals surface area contributed by atoms with Gasteiger partial charge in [0.25, 0.3) is 0 Å². The molecular weight excluding hydrogens is 318 g/mol. The fourth-order valence-electron chi connectivity index (χ4n) is 2.73. The van der Waals surface area contributed by atoms with Gasteiger partial charge in [0.1, 0.15) is 5.82 Å². The van der Waals surface area contributed by atoms with Crippen LogP contribution in [0.3, 0.4) is 0 Å². The standard InChI is InChI=1S/C19H21N3OS/c1-2-15(14-7-4-3-5-8-14)19(23)20-11-10-18-21-13-16(22-18)17-9-6-12-24-17/h3-9,12-13,15H,2,10-11H2,1H3,(H,20,23)(H,21,22). The smallest absolute Gasteiger partial charge is 0.227 e. The number of hydrogen-bond acceptors (Lipinski definition) is 3. The summed E-state index contributed by atoms with van der Waals surface area (Å²) in [4.78, 5) is 21.3. The molecule has 1 amide bonds. The first-order chi connectivity index (χ1) is 11.8. The van der Waals surface area contributed by atoms with Gasteiger partial charge in [-0.05, 0) is 23.4 Å². The molecule has 4 nitrogen and oxygen atoms in total. The molecule has 2 aromatic heterocycles. The van der Waals surface area contributed by atoms with Gasteiger partial charge in [0.05, 0.1) is 22.7 Å². The highest BCUT2D eigenvalue weighted by Gasteiger charge is 2.17. The summed E-state index contributed by atoms with van der Waals surface area (Å²) in [5, 5.41) is 5.07. The molecule has 24 heavy (non-hydrogen) atoms. The number of aromatic nitrogens is 2. The number of nitrogens with one attached hydrogen (secondary N) is 2. The summed E-state index contributed by atoms with van der Waals surface area (Å²) in [6, 6.07) is 14.0. The molecule has 124 valence electrons. The molecule has 2 N–H and O–H groups in total. The van der Waals surface area contributed by atoms with Gasteiger partial charge in [0, 0.05) is 13.0 Å². The maximum atomic E-state index is 12.4. The Hall–Kier alpha value is -2.40. The maximum absolute atomic E-state index is 12.4. The van der Waals surface area contributed by atoms with Crippen LogP contribution in [0.15, 0.2) is 54.0 Å². The molecule has 5 heteroatoms. The minimum absolute atomic E-state index is 0.0775. The van der Waals surface area contributed by atoms with Crippen molar-refractivity contribution < 1.29 is 4.79 Å². The predicted molar refractivity (Wildman–Crippen MR) is 98.1 cm³/mol. The Bertz CT molecular complexity index is 765. The van der Waals surface area contributed by atoms with E-state index in [1.165, 1.54) is 4.88 Å². The highest BCUT2D eigenvalue weighted by molar-refractivity contribution is 7.13. The molecule has 0 radical (unpaired) electrons. The van der Waals surface area contributed by atoms with Gasteiger partial charge in [-0.25, -0.2) is 4.98 Å². The second-order valence-corrected chi connectivity index (χ2v) is 6.58. The van der Waals surface area contributed by atoms with Crippen molar-refractivity contribution in [3.63, 3.8) is 0 Å². The highest BCUT2D eigenvalue weighted by Crippen LogP contribution is 2.22. The van der Waals surface area contributed by atoms with Crippen LogP contribution in [0.2, 0.25) is 0 Å². The molecule has 0 fully saturated rings. The lowest BCUT2D eigenvalue weighted by atomic mass is 9.96. The molecule has 3 aromatic rings. The Morgan fingerprint density at radius 3 is 2.79 bits per heavy atom. The zero-order valence-electron chi connectivity index (χ0n) is 13.7. The first kappa shape index (κ1) is 16.5. The summed E-state index contributed by atoms with van der Waals surface area (Å²) in [6.07, 6.45) is 3.34. The zero-order chi connectivity index (χ0) is 16.8. The lowest BCUT2D eigenvalue weighted by Crippen LogP contribution is -2.31. The van der Waals surface area contributed by atoms with Crippen LogP contribution >= 0.6 is 11.3 Å². The van der Waals surface area contributed by atoms with E-state index >= 15 is 0 Å². The van der Waals surface area contributed by atoms with Gasteiger partial charge < -0.3 is 10.3 Å². The molecule has 0 bridgehead atoms. The van der Waals surface area contributed by atoms with Crippen molar-refractivity contribution in [3.8, 4) is 10.6 Å². The second kappa shape index (κ2) is 7.93. The van der Waals surface area contributed by atoms with Gasteiger partial charge in [-0.15, -0.1) is 11.3 Å². The number of rotatable bonds is 7. The summed E-state index contributed by atoms with van der Waals surface area (Å²) in [5.41, 5.74) is 2.09. The third-order valence-corrected chi connectivity index (χ3v) is 4.91. The van der Waals surface area contributed by atoms with Gasteiger partial charge in [-0.1, -0.05) is 43.3 Å². The number of imidazole rings is 1. The van der Waals surface area contributed by atoms with Crippen molar-refractivity contribution >= 4 is 17.2 Å². The molecule has 1 unspecified atom stereocenters. The molecule has 1 atom stereocenters. The molecule has 0 spiro atoms. The van der Waals surface area contributed by atoms with E-state index in [0.717, 1.165) is 23.5 Å². The molecule has 0 saturated heterocycles. The van der Waals surface area contributed by atoms with Crippen molar-refractivity contribution in [3.05, 3.63) is 65.4 Å². The first-order valence-corrected chi connectivity index (χ1v) is 9.06. The van der Waals surface area contributed by atoms with E-state index in [0.29, 0.717) is 13.0 Å². The number of hydrogen-bond donors (Lipinski definition) is 2. The van der Waals surface area contributed by atoms with Crippen LogP contribution in [0.4, 0.5) is 0 Å². The van der Waals surface area contributed by atoms with E-state index in [1.54, 1.807) is 11.3 Å². The number of aromatic amines is 1. The van der Waals surface area contributed by atoms with Gasteiger partial charge in [0.2, 0.25) is 5.91 Å². The number of amides is 1. The van der Waals surface area contributed by atoms with Crippen LogP contribution in [0.25, 0.3) is 10.6 Å². The fourth-order valence-corrected chi connectivity index (χ4v) is 3.42. The third-order valence-electron chi connectivity index (χ3n) is 4.00. The molecule has 0 aliphatic heterocycles. The number of thiophene rings is 1. The number of nitrogens with zero attached hydrogens (tertiary/aromatic N) is 1. The minimum Gasteiger partial charge on any atom is -0.355 e. The predicted octanol–water partition coefficient (Wildman–Crippen LogP) is 3.99. The van der Waals surface area contributed by atoms with Crippen LogP contribution in [0.1, 0.15) is 30.7 Å². The Morgan fingerprint density at radius 1 is 1.25 bits per heavy atom. The summed E-state index contributed by atoms with van der Waals surface area (Å²) in [6.45, 7) is 2.62. The fraction of sp³-hybridized carbons (Fsp3) is 0.263. The van der Waals surface area contributed by atoms with Crippen molar-refractivity contribution in [1.82, 2.24) is 15.3 Å². The van der Waals surface area contributed by atoms with Crippen molar-refractivity contribution in [1.29, 1.82) is 0 Å². The first-order valence-electron chi connectivity index (χ1n) is 8.18. The van der Waals surface area contributed by atoms with Gasteiger partial charge in [-0.3, -0.25) is 4.79 Å².